The minimum atomic E-state index is -0.584. The largest absolute Gasteiger partial charge is 0.493 e. The molecule has 0 spiro atoms. The van der Waals surface area contributed by atoms with E-state index in [1.807, 2.05) is 18.2 Å². The van der Waals surface area contributed by atoms with Gasteiger partial charge in [0.25, 0.3) is 0 Å². The highest BCUT2D eigenvalue weighted by Crippen LogP contribution is 2.36. The van der Waals surface area contributed by atoms with E-state index in [1.54, 1.807) is 25.3 Å². The van der Waals surface area contributed by atoms with Crippen molar-refractivity contribution in [3.05, 3.63) is 59.4 Å². The van der Waals surface area contributed by atoms with Crippen LogP contribution in [-0.2, 0) is 17.6 Å². The van der Waals surface area contributed by atoms with Gasteiger partial charge in [-0.1, -0.05) is 30.3 Å². The van der Waals surface area contributed by atoms with Crippen LogP contribution in [0.25, 0.3) is 0 Å². The molecule has 1 atom stereocenters. The molecule has 5 nitrogen and oxygen atoms in total. The number of benzene rings is 2. The van der Waals surface area contributed by atoms with Crippen LogP contribution < -0.4 is 20.1 Å². The zero-order chi connectivity index (χ0) is 19.6. The SMILES string of the molecule is COc1cccc2c1OCC(CNC(=O)C1(Cc3ccccc3F)CNC1)C2. The molecule has 2 heterocycles. The van der Waals surface area contributed by atoms with E-state index in [1.165, 1.54) is 6.07 Å². The van der Waals surface area contributed by atoms with Gasteiger partial charge in [-0.3, -0.25) is 4.79 Å². The van der Waals surface area contributed by atoms with Crippen LogP contribution in [0.5, 0.6) is 11.5 Å². The third kappa shape index (κ3) is 3.56. The molecule has 1 unspecified atom stereocenters. The average Bonchev–Trinajstić information content (AvgIpc) is 2.69. The number of carbonyl (C=O) groups excluding carboxylic acids is 1. The highest BCUT2D eigenvalue weighted by Gasteiger charge is 2.44. The number of para-hydroxylation sites is 1. The first-order valence-corrected chi connectivity index (χ1v) is 9.62. The number of ether oxygens (including phenoxy) is 2. The summed E-state index contributed by atoms with van der Waals surface area (Å²) in [5.41, 5.74) is 1.09. The quantitative estimate of drug-likeness (QED) is 0.803. The van der Waals surface area contributed by atoms with Crippen molar-refractivity contribution in [3.8, 4) is 11.5 Å². The summed E-state index contributed by atoms with van der Waals surface area (Å²) in [5.74, 6) is 1.46. The second-order valence-corrected chi connectivity index (χ2v) is 7.69. The molecule has 1 fully saturated rings. The molecule has 148 valence electrons. The number of methoxy groups -OCH3 is 1. The summed E-state index contributed by atoms with van der Waals surface area (Å²) in [6, 6.07) is 12.5. The lowest BCUT2D eigenvalue weighted by molar-refractivity contribution is -0.134. The van der Waals surface area contributed by atoms with Crippen LogP contribution in [0.1, 0.15) is 11.1 Å². The number of hydrogen-bond acceptors (Lipinski definition) is 4. The topological polar surface area (TPSA) is 59.6 Å². The molecule has 6 heteroatoms. The highest BCUT2D eigenvalue weighted by molar-refractivity contribution is 5.84. The first kappa shape index (κ1) is 18.7. The smallest absolute Gasteiger partial charge is 0.229 e. The number of amides is 1. The van der Waals surface area contributed by atoms with Crippen molar-refractivity contribution in [2.24, 2.45) is 11.3 Å². The molecular formula is C22H25FN2O3. The van der Waals surface area contributed by atoms with E-state index in [4.69, 9.17) is 9.47 Å². The van der Waals surface area contributed by atoms with Crippen LogP contribution in [0.3, 0.4) is 0 Å². The third-order valence-corrected chi connectivity index (χ3v) is 5.70. The van der Waals surface area contributed by atoms with Crippen molar-refractivity contribution in [2.75, 3.05) is 33.4 Å². The lowest BCUT2D eigenvalue weighted by atomic mass is 9.75. The summed E-state index contributed by atoms with van der Waals surface area (Å²) >= 11 is 0. The summed E-state index contributed by atoms with van der Waals surface area (Å²) in [6.07, 6.45) is 1.23. The van der Waals surface area contributed by atoms with Crippen molar-refractivity contribution in [1.29, 1.82) is 0 Å². The number of nitrogens with one attached hydrogen (secondary N) is 2. The third-order valence-electron chi connectivity index (χ3n) is 5.70. The van der Waals surface area contributed by atoms with Crippen LogP contribution in [0, 0.1) is 17.2 Å². The molecule has 1 amide bonds. The standard InChI is InChI=1S/C22H25FN2O3/c1-27-19-8-4-6-16-9-15(12-28-20(16)19)11-25-21(26)22(13-24-14-22)10-17-5-2-3-7-18(17)23/h2-8,15,24H,9-14H2,1H3,(H,25,26). The normalized spacial score (nSPS) is 19.7. The van der Waals surface area contributed by atoms with Gasteiger partial charge in [0.15, 0.2) is 11.5 Å². The van der Waals surface area contributed by atoms with Gasteiger partial charge in [0, 0.05) is 25.6 Å². The summed E-state index contributed by atoms with van der Waals surface area (Å²) in [7, 11) is 1.63. The zero-order valence-corrected chi connectivity index (χ0v) is 16.0. The van der Waals surface area contributed by atoms with Gasteiger partial charge in [-0.15, -0.1) is 0 Å². The fourth-order valence-corrected chi connectivity index (χ4v) is 3.97. The Labute approximate surface area is 164 Å². The number of fused-ring (bicyclic) bond motifs is 1. The van der Waals surface area contributed by atoms with Gasteiger partial charge in [-0.2, -0.15) is 0 Å². The van der Waals surface area contributed by atoms with Crippen LogP contribution in [0.15, 0.2) is 42.5 Å². The average molecular weight is 384 g/mol. The maximum Gasteiger partial charge on any atom is 0.229 e. The number of halogens is 1. The van der Waals surface area contributed by atoms with Crippen LogP contribution in [0.4, 0.5) is 4.39 Å². The maximum atomic E-state index is 14.0. The van der Waals surface area contributed by atoms with E-state index >= 15 is 0 Å². The number of carbonyl (C=O) groups is 1. The van der Waals surface area contributed by atoms with Crippen molar-refractivity contribution in [1.82, 2.24) is 10.6 Å². The molecule has 0 radical (unpaired) electrons. The Morgan fingerprint density at radius 3 is 2.82 bits per heavy atom. The van der Waals surface area contributed by atoms with Crippen molar-refractivity contribution >= 4 is 5.91 Å². The van der Waals surface area contributed by atoms with Gasteiger partial charge >= 0.3 is 0 Å². The number of rotatable bonds is 6. The Bertz CT molecular complexity index is 867. The molecule has 2 aromatic carbocycles. The fraction of sp³-hybridized carbons (Fsp3) is 0.409. The molecule has 0 aromatic heterocycles. The van der Waals surface area contributed by atoms with E-state index < -0.39 is 5.41 Å². The predicted octanol–water partition coefficient (Wildman–Crippen LogP) is 2.33. The van der Waals surface area contributed by atoms with Crippen LogP contribution in [-0.4, -0.2) is 39.3 Å². The van der Waals surface area contributed by atoms with Crippen LogP contribution >= 0.6 is 0 Å². The maximum absolute atomic E-state index is 14.0. The molecule has 0 bridgehead atoms. The van der Waals surface area contributed by atoms with E-state index in [2.05, 4.69) is 10.6 Å². The monoisotopic (exact) mass is 384 g/mol. The summed E-state index contributed by atoms with van der Waals surface area (Å²) in [5, 5.41) is 6.25. The fourth-order valence-electron chi connectivity index (χ4n) is 3.97. The lowest BCUT2D eigenvalue weighted by Crippen LogP contribution is -2.63. The van der Waals surface area contributed by atoms with Crippen LogP contribution in [0.2, 0.25) is 0 Å². The van der Waals surface area contributed by atoms with E-state index in [0.29, 0.717) is 38.2 Å². The van der Waals surface area contributed by atoms with Crippen molar-refractivity contribution in [3.63, 3.8) is 0 Å². The zero-order valence-electron chi connectivity index (χ0n) is 16.0. The Kier molecular flexibility index (Phi) is 5.22. The molecule has 1 saturated heterocycles. The molecule has 2 N–H and O–H groups in total. The Morgan fingerprint density at radius 1 is 1.29 bits per heavy atom. The molecule has 2 aliphatic rings. The van der Waals surface area contributed by atoms with Crippen molar-refractivity contribution in [2.45, 2.75) is 12.8 Å². The second-order valence-electron chi connectivity index (χ2n) is 7.69. The lowest BCUT2D eigenvalue weighted by Gasteiger charge is -2.41. The Balaban J connectivity index is 1.38. The van der Waals surface area contributed by atoms with Gasteiger partial charge < -0.3 is 20.1 Å². The number of hydrogen-bond donors (Lipinski definition) is 2. The highest BCUT2D eigenvalue weighted by atomic mass is 19.1. The first-order valence-electron chi connectivity index (χ1n) is 9.62. The van der Waals surface area contributed by atoms with Crippen molar-refractivity contribution < 1.29 is 18.7 Å². The Hall–Kier alpha value is -2.60. The van der Waals surface area contributed by atoms with E-state index in [9.17, 15) is 9.18 Å². The molecule has 2 aliphatic heterocycles. The first-order chi connectivity index (χ1) is 13.6. The Morgan fingerprint density at radius 2 is 2.11 bits per heavy atom. The van der Waals surface area contributed by atoms with Gasteiger partial charge in [0.1, 0.15) is 5.82 Å². The van der Waals surface area contributed by atoms with Gasteiger partial charge in [-0.25, -0.2) is 4.39 Å². The van der Waals surface area contributed by atoms with Gasteiger partial charge in [-0.05, 0) is 36.1 Å². The summed E-state index contributed by atoms with van der Waals surface area (Å²) in [4.78, 5) is 12.9. The molecule has 0 saturated carbocycles. The minimum absolute atomic E-state index is 0.0223. The van der Waals surface area contributed by atoms with Gasteiger partial charge in [0.05, 0.1) is 19.1 Å². The second kappa shape index (κ2) is 7.80. The molecular weight excluding hydrogens is 359 g/mol. The summed E-state index contributed by atoms with van der Waals surface area (Å²) in [6.45, 7) is 2.20. The minimum Gasteiger partial charge on any atom is -0.493 e. The molecule has 4 rings (SSSR count). The van der Waals surface area contributed by atoms with Gasteiger partial charge in [0.2, 0.25) is 5.91 Å². The molecule has 28 heavy (non-hydrogen) atoms. The predicted molar refractivity (Wildman–Crippen MR) is 104 cm³/mol. The summed E-state index contributed by atoms with van der Waals surface area (Å²) < 4.78 is 25.3. The molecule has 0 aliphatic carbocycles. The van der Waals surface area contributed by atoms with E-state index in [-0.39, 0.29) is 17.6 Å². The molecule has 2 aromatic rings. The van der Waals surface area contributed by atoms with E-state index in [0.717, 1.165) is 23.5 Å².